The number of amides is 2. The molecule has 0 aromatic heterocycles. The number of hydrogen-bond donors (Lipinski definition) is 1. The monoisotopic (exact) mass is 483 g/mol. The van der Waals surface area contributed by atoms with Gasteiger partial charge in [-0.25, -0.2) is 8.42 Å². The zero-order valence-electron chi connectivity index (χ0n) is 19.7. The van der Waals surface area contributed by atoms with Crippen LogP contribution < -0.4 is 10.1 Å². The van der Waals surface area contributed by atoms with Crippen LogP contribution in [0.25, 0.3) is 10.8 Å². The lowest BCUT2D eigenvalue weighted by Gasteiger charge is -2.30. The minimum atomic E-state index is -3.93. The Kier molecular flexibility index (Phi) is 7.90. The first-order chi connectivity index (χ1) is 16.2. The number of benzene rings is 3. The van der Waals surface area contributed by atoms with E-state index in [2.05, 4.69) is 5.32 Å². The van der Waals surface area contributed by atoms with Gasteiger partial charge in [0.1, 0.15) is 11.8 Å². The Morgan fingerprint density at radius 1 is 1.00 bits per heavy atom. The topological polar surface area (TPSA) is 96.0 Å². The first kappa shape index (κ1) is 25.2. The molecule has 34 heavy (non-hydrogen) atoms. The molecule has 0 unspecified atom stereocenters. The summed E-state index contributed by atoms with van der Waals surface area (Å²) in [4.78, 5) is 27.1. The van der Waals surface area contributed by atoms with E-state index in [9.17, 15) is 18.0 Å². The quantitative estimate of drug-likeness (QED) is 0.505. The molecule has 0 heterocycles. The van der Waals surface area contributed by atoms with Crippen molar-refractivity contribution in [3.63, 3.8) is 0 Å². The van der Waals surface area contributed by atoms with Crippen molar-refractivity contribution in [2.45, 2.75) is 24.4 Å². The molecule has 3 aromatic rings. The normalized spacial score (nSPS) is 12.4. The fourth-order valence-electron chi connectivity index (χ4n) is 3.63. The van der Waals surface area contributed by atoms with Crippen molar-refractivity contribution in [2.75, 3.05) is 27.7 Å². The summed E-state index contributed by atoms with van der Waals surface area (Å²) in [5, 5.41) is 4.25. The lowest BCUT2D eigenvalue weighted by molar-refractivity contribution is -0.140. The summed E-state index contributed by atoms with van der Waals surface area (Å²) >= 11 is 0. The van der Waals surface area contributed by atoms with Crippen LogP contribution in [0, 0.1) is 0 Å². The highest BCUT2D eigenvalue weighted by molar-refractivity contribution is 7.89. The van der Waals surface area contributed by atoms with Crippen molar-refractivity contribution in [1.82, 2.24) is 14.5 Å². The smallest absolute Gasteiger partial charge is 0.243 e. The third kappa shape index (κ3) is 5.55. The van der Waals surface area contributed by atoms with E-state index in [1.807, 2.05) is 30.3 Å². The Bertz CT molecular complexity index is 1290. The predicted octanol–water partition coefficient (Wildman–Crippen LogP) is 2.63. The SMILES string of the molecule is CNC(=O)[C@@H](C)N(Cc1cccc(OC)c1)C(=O)CN(C)S(=O)(=O)c1ccc2ccccc2c1. The molecule has 0 aliphatic rings. The van der Waals surface area contributed by atoms with Crippen LogP contribution in [0.4, 0.5) is 0 Å². The lowest BCUT2D eigenvalue weighted by Crippen LogP contribution is -2.50. The van der Waals surface area contributed by atoms with Crippen LogP contribution in [0.15, 0.2) is 71.6 Å². The molecule has 0 bridgehead atoms. The maximum absolute atomic E-state index is 13.3. The summed E-state index contributed by atoms with van der Waals surface area (Å²) in [6.45, 7) is 1.31. The van der Waals surface area contributed by atoms with Gasteiger partial charge in [-0.2, -0.15) is 4.31 Å². The minimum absolute atomic E-state index is 0.0974. The highest BCUT2D eigenvalue weighted by Gasteiger charge is 2.30. The molecule has 2 amide bonds. The average Bonchev–Trinajstić information content (AvgIpc) is 2.85. The lowest BCUT2D eigenvalue weighted by atomic mass is 10.1. The van der Waals surface area contributed by atoms with Gasteiger partial charge in [0.05, 0.1) is 18.6 Å². The molecule has 0 saturated heterocycles. The van der Waals surface area contributed by atoms with Crippen LogP contribution >= 0.6 is 0 Å². The highest BCUT2D eigenvalue weighted by Crippen LogP contribution is 2.22. The molecule has 3 rings (SSSR count). The predicted molar refractivity (Wildman–Crippen MR) is 131 cm³/mol. The van der Waals surface area contributed by atoms with Gasteiger partial charge in [-0.3, -0.25) is 9.59 Å². The number of ether oxygens (including phenoxy) is 1. The van der Waals surface area contributed by atoms with Gasteiger partial charge in [-0.05, 0) is 47.5 Å². The zero-order valence-corrected chi connectivity index (χ0v) is 20.5. The number of methoxy groups -OCH3 is 1. The minimum Gasteiger partial charge on any atom is -0.497 e. The molecule has 0 radical (unpaired) electrons. The van der Waals surface area contributed by atoms with Gasteiger partial charge in [0.15, 0.2) is 0 Å². The summed E-state index contributed by atoms with van der Waals surface area (Å²) < 4.78 is 32.6. The van der Waals surface area contributed by atoms with Crippen LogP contribution in [0.2, 0.25) is 0 Å². The van der Waals surface area contributed by atoms with Gasteiger partial charge in [-0.15, -0.1) is 0 Å². The van der Waals surface area contributed by atoms with E-state index in [-0.39, 0.29) is 17.3 Å². The van der Waals surface area contributed by atoms with E-state index in [4.69, 9.17) is 4.74 Å². The first-order valence-electron chi connectivity index (χ1n) is 10.8. The van der Waals surface area contributed by atoms with Gasteiger partial charge < -0.3 is 15.0 Å². The molecular formula is C25H29N3O5S. The number of rotatable bonds is 9. The molecule has 180 valence electrons. The van der Waals surface area contributed by atoms with Gasteiger partial charge in [-0.1, -0.05) is 42.5 Å². The summed E-state index contributed by atoms with van der Waals surface area (Å²) in [5.41, 5.74) is 0.753. The Morgan fingerprint density at radius 2 is 1.71 bits per heavy atom. The molecule has 8 nitrogen and oxygen atoms in total. The Labute approximate surface area is 200 Å². The molecule has 0 fully saturated rings. The van der Waals surface area contributed by atoms with Crippen LogP contribution in [0.3, 0.4) is 0 Å². The van der Waals surface area contributed by atoms with Crippen molar-refractivity contribution in [3.05, 3.63) is 72.3 Å². The van der Waals surface area contributed by atoms with Crippen molar-refractivity contribution in [1.29, 1.82) is 0 Å². The van der Waals surface area contributed by atoms with Crippen LogP contribution in [0.1, 0.15) is 12.5 Å². The second-order valence-corrected chi connectivity index (χ2v) is 9.98. The van der Waals surface area contributed by atoms with Crippen LogP contribution in [-0.4, -0.2) is 63.2 Å². The number of nitrogens with zero attached hydrogens (tertiary/aromatic N) is 2. The number of sulfonamides is 1. The summed E-state index contributed by atoms with van der Waals surface area (Å²) in [7, 11) is 0.462. The van der Waals surface area contributed by atoms with Gasteiger partial charge in [0.2, 0.25) is 21.8 Å². The van der Waals surface area contributed by atoms with Crippen molar-refractivity contribution >= 4 is 32.6 Å². The Balaban J connectivity index is 1.85. The second kappa shape index (κ2) is 10.7. The molecule has 0 aliphatic heterocycles. The molecule has 0 saturated carbocycles. The number of carbonyl (C=O) groups excluding carboxylic acids is 2. The zero-order chi connectivity index (χ0) is 24.9. The molecule has 1 atom stereocenters. The maximum Gasteiger partial charge on any atom is 0.243 e. The number of nitrogens with one attached hydrogen (secondary N) is 1. The largest absolute Gasteiger partial charge is 0.497 e. The number of fused-ring (bicyclic) bond motifs is 1. The van der Waals surface area contributed by atoms with E-state index in [0.29, 0.717) is 5.75 Å². The fourth-order valence-corrected chi connectivity index (χ4v) is 4.79. The summed E-state index contributed by atoms with van der Waals surface area (Å²) in [5.74, 6) is -0.226. The Morgan fingerprint density at radius 3 is 2.38 bits per heavy atom. The average molecular weight is 484 g/mol. The number of hydrogen-bond acceptors (Lipinski definition) is 5. The first-order valence-corrected chi connectivity index (χ1v) is 12.2. The molecule has 0 aliphatic carbocycles. The van der Waals surface area contributed by atoms with E-state index in [1.54, 1.807) is 44.4 Å². The molecular weight excluding hydrogens is 454 g/mol. The fraction of sp³-hybridized carbons (Fsp3) is 0.280. The van der Waals surface area contributed by atoms with E-state index in [1.165, 1.54) is 25.1 Å². The van der Waals surface area contributed by atoms with Crippen LogP contribution in [-0.2, 0) is 26.2 Å². The second-order valence-electron chi connectivity index (χ2n) is 7.93. The highest BCUT2D eigenvalue weighted by atomic mass is 32.2. The third-order valence-electron chi connectivity index (χ3n) is 5.69. The van der Waals surface area contributed by atoms with E-state index < -0.39 is 28.5 Å². The third-order valence-corrected chi connectivity index (χ3v) is 7.49. The van der Waals surface area contributed by atoms with Crippen molar-refractivity contribution in [3.8, 4) is 5.75 Å². The number of carbonyl (C=O) groups is 2. The van der Waals surface area contributed by atoms with E-state index in [0.717, 1.165) is 20.6 Å². The van der Waals surface area contributed by atoms with Gasteiger partial charge in [0, 0.05) is 20.6 Å². The number of likely N-dealkylation sites (N-methyl/N-ethyl adjacent to an activating group) is 2. The summed E-state index contributed by atoms with van der Waals surface area (Å²) in [6.07, 6.45) is 0. The molecule has 9 heteroatoms. The van der Waals surface area contributed by atoms with Crippen molar-refractivity contribution < 1.29 is 22.7 Å². The van der Waals surface area contributed by atoms with Gasteiger partial charge in [0.25, 0.3) is 0 Å². The van der Waals surface area contributed by atoms with Crippen LogP contribution in [0.5, 0.6) is 5.75 Å². The molecule has 0 spiro atoms. The van der Waals surface area contributed by atoms with Crippen molar-refractivity contribution in [2.24, 2.45) is 0 Å². The van der Waals surface area contributed by atoms with Gasteiger partial charge >= 0.3 is 0 Å². The Hall–Kier alpha value is -3.43. The maximum atomic E-state index is 13.3. The molecule has 1 N–H and O–H groups in total. The standard InChI is InChI=1S/C25H29N3O5S/c1-18(25(30)26-2)28(16-19-8-7-11-22(14-19)33-4)24(29)17-27(3)34(31,32)23-13-12-20-9-5-6-10-21(20)15-23/h5-15,18H,16-17H2,1-4H3,(H,26,30)/t18-/m1/s1. The summed E-state index contributed by atoms with van der Waals surface area (Å²) in [6, 6.07) is 18.7. The molecule has 3 aromatic carbocycles. The van der Waals surface area contributed by atoms with E-state index >= 15 is 0 Å².